The summed E-state index contributed by atoms with van der Waals surface area (Å²) < 4.78 is 5.64. The smallest absolute Gasteiger partial charge is 0.270 e. The summed E-state index contributed by atoms with van der Waals surface area (Å²) in [4.78, 5) is 36.2. The van der Waals surface area contributed by atoms with Gasteiger partial charge in [0.25, 0.3) is 11.6 Å². The minimum Gasteiger partial charge on any atom is -0.494 e. The van der Waals surface area contributed by atoms with Crippen LogP contribution in [0.5, 0.6) is 5.75 Å². The summed E-state index contributed by atoms with van der Waals surface area (Å²) in [7, 11) is 0. The molecule has 8 nitrogen and oxygen atoms in total. The Morgan fingerprint density at radius 3 is 2.31 bits per heavy atom. The van der Waals surface area contributed by atoms with Gasteiger partial charge in [0.15, 0.2) is 0 Å². The quantitative estimate of drug-likeness (QED) is 0.144. The van der Waals surface area contributed by atoms with Gasteiger partial charge in [-0.2, -0.15) is 0 Å². The second kappa shape index (κ2) is 12.6. The lowest BCUT2D eigenvalue weighted by atomic mass is 10.2. The molecular formula is C26H27N3O5S. The lowest BCUT2D eigenvalue weighted by molar-refractivity contribution is -0.384. The van der Waals surface area contributed by atoms with Gasteiger partial charge in [-0.1, -0.05) is 19.4 Å². The van der Waals surface area contributed by atoms with E-state index in [2.05, 4.69) is 17.6 Å². The first-order valence-electron chi connectivity index (χ1n) is 11.2. The molecule has 0 aliphatic heterocycles. The van der Waals surface area contributed by atoms with Crippen molar-refractivity contribution in [1.29, 1.82) is 0 Å². The number of rotatable bonds is 11. The number of nitrogens with zero attached hydrogens (tertiary/aromatic N) is 1. The lowest BCUT2D eigenvalue weighted by Gasteiger charge is -2.13. The van der Waals surface area contributed by atoms with Crippen molar-refractivity contribution in [2.75, 3.05) is 17.2 Å². The largest absolute Gasteiger partial charge is 0.494 e. The Labute approximate surface area is 208 Å². The normalized spacial score (nSPS) is 11.4. The zero-order valence-corrected chi connectivity index (χ0v) is 20.3. The Morgan fingerprint density at radius 1 is 1.00 bits per heavy atom. The summed E-state index contributed by atoms with van der Waals surface area (Å²) in [5, 5.41) is 16.2. The number of hydrogen-bond donors (Lipinski definition) is 2. The molecule has 2 N–H and O–H groups in total. The average Bonchev–Trinajstić information content (AvgIpc) is 2.86. The van der Waals surface area contributed by atoms with Crippen LogP contribution in [0.4, 0.5) is 17.1 Å². The van der Waals surface area contributed by atoms with E-state index < -0.39 is 10.8 Å². The van der Waals surface area contributed by atoms with Gasteiger partial charge < -0.3 is 15.4 Å². The van der Waals surface area contributed by atoms with Gasteiger partial charge in [0.1, 0.15) is 5.75 Å². The second-order valence-corrected chi connectivity index (χ2v) is 9.18. The number of unbranched alkanes of at least 4 members (excludes halogenated alkanes) is 1. The van der Waals surface area contributed by atoms with Crippen molar-refractivity contribution < 1.29 is 19.2 Å². The van der Waals surface area contributed by atoms with Crippen molar-refractivity contribution in [3.63, 3.8) is 0 Å². The molecule has 35 heavy (non-hydrogen) atoms. The van der Waals surface area contributed by atoms with Crippen molar-refractivity contribution in [2.24, 2.45) is 0 Å². The van der Waals surface area contributed by atoms with Gasteiger partial charge in [-0.05, 0) is 67.9 Å². The fraction of sp³-hybridized carbons (Fsp3) is 0.231. The van der Waals surface area contributed by atoms with Crippen LogP contribution in [0.25, 0.3) is 0 Å². The maximum atomic E-state index is 12.6. The van der Waals surface area contributed by atoms with Crippen LogP contribution in [0, 0.1) is 10.1 Å². The van der Waals surface area contributed by atoms with E-state index in [-0.39, 0.29) is 22.4 Å². The second-order valence-electron chi connectivity index (χ2n) is 7.76. The first-order chi connectivity index (χ1) is 16.9. The van der Waals surface area contributed by atoms with Crippen LogP contribution in [0.2, 0.25) is 0 Å². The van der Waals surface area contributed by atoms with Crippen molar-refractivity contribution in [2.45, 2.75) is 36.8 Å². The molecule has 182 valence electrons. The summed E-state index contributed by atoms with van der Waals surface area (Å²) in [6.45, 7) is 4.60. The summed E-state index contributed by atoms with van der Waals surface area (Å²) >= 11 is 1.39. The predicted molar refractivity (Wildman–Crippen MR) is 138 cm³/mol. The van der Waals surface area contributed by atoms with E-state index in [0.29, 0.717) is 18.0 Å². The molecule has 0 fully saturated rings. The summed E-state index contributed by atoms with van der Waals surface area (Å²) in [6.07, 6.45) is 2.07. The molecule has 3 rings (SSSR count). The zero-order valence-electron chi connectivity index (χ0n) is 19.5. The number of thioether (sulfide) groups is 1. The van der Waals surface area contributed by atoms with E-state index in [4.69, 9.17) is 4.74 Å². The Kier molecular flexibility index (Phi) is 9.25. The molecule has 0 heterocycles. The van der Waals surface area contributed by atoms with Crippen LogP contribution in [0.15, 0.2) is 77.7 Å². The molecule has 3 aromatic carbocycles. The first kappa shape index (κ1) is 25.8. The topological polar surface area (TPSA) is 111 Å². The molecule has 0 radical (unpaired) electrons. The highest BCUT2D eigenvalue weighted by Gasteiger charge is 2.15. The van der Waals surface area contributed by atoms with Crippen molar-refractivity contribution in [3.8, 4) is 5.75 Å². The molecule has 0 aromatic heterocycles. The third-order valence-corrected chi connectivity index (χ3v) is 6.11. The molecule has 3 aromatic rings. The molecule has 0 spiro atoms. The molecule has 0 aliphatic carbocycles. The van der Waals surface area contributed by atoms with E-state index in [1.54, 1.807) is 24.3 Å². The monoisotopic (exact) mass is 493 g/mol. The standard InChI is InChI=1S/C26H27N3O5S/c1-3-4-16-34-23-12-8-20(9-13-23)27-25(30)18(2)35-24-14-10-21(11-15-24)28-26(31)19-6-5-7-22(17-19)29(32)33/h5-15,17-18H,3-4,16H2,1-2H3,(H,27,30)(H,28,31). The summed E-state index contributed by atoms with van der Waals surface area (Å²) in [5.41, 5.74) is 1.30. The first-order valence-corrected chi connectivity index (χ1v) is 12.1. The number of carbonyl (C=O) groups excluding carboxylic acids is 2. The van der Waals surface area contributed by atoms with E-state index >= 15 is 0 Å². The minimum atomic E-state index is -0.543. The van der Waals surface area contributed by atoms with Crippen LogP contribution in [0.1, 0.15) is 37.0 Å². The third-order valence-electron chi connectivity index (χ3n) is 5.00. The van der Waals surface area contributed by atoms with Crippen molar-refractivity contribution in [1.82, 2.24) is 0 Å². The highest BCUT2D eigenvalue weighted by molar-refractivity contribution is 8.00. The fourth-order valence-electron chi connectivity index (χ4n) is 3.05. The molecule has 2 amide bonds. The van der Waals surface area contributed by atoms with Gasteiger partial charge in [0.05, 0.1) is 16.8 Å². The molecule has 0 aliphatic rings. The van der Waals surface area contributed by atoms with Crippen LogP contribution < -0.4 is 15.4 Å². The van der Waals surface area contributed by atoms with Crippen LogP contribution in [-0.2, 0) is 4.79 Å². The van der Waals surface area contributed by atoms with Crippen molar-refractivity contribution in [3.05, 3.63) is 88.5 Å². The third kappa shape index (κ3) is 7.86. The molecular weight excluding hydrogens is 466 g/mol. The number of benzene rings is 3. The van der Waals surface area contributed by atoms with Crippen LogP contribution in [0.3, 0.4) is 0 Å². The number of ether oxygens (including phenoxy) is 1. The molecule has 1 unspecified atom stereocenters. The average molecular weight is 494 g/mol. The van der Waals surface area contributed by atoms with E-state index in [0.717, 1.165) is 23.5 Å². The van der Waals surface area contributed by atoms with Gasteiger partial charge >= 0.3 is 0 Å². The Bertz CT molecular complexity index is 1170. The number of nitro benzene ring substituents is 1. The van der Waals surface area contributed by atoms with Gasteiger partial charge in [0, 0.05) is 34.0 Å². The summed E-state index contributed by atoms with van der Waals surface area (Å²) in [5.74, 6) is 0.206. The Morgan fingerprint density at radius 2 is 1.66 bits per heavy atom. The van der Waals surface area contributed by atoms with Gasteiger partial charge in [0.2, 0.25) is 5.91 Å². The predicted octanol–water partition coefficient (Wildman–Crippen LogP) is 6.15. The van der Waals surface area contributed by atoms with Crippen LogP contribution >= 0.6 is 11.8 Å². The van der Waals surface area contributed by atoms with Gasteiger partial charge in [-0.15, -0.1) is 11.8 Å². The van der Waals surface area contributed by atoms with E-state index in [1.165, 1.54) is 36.0 Å². The number of hydrogen-bond acceptors (Lipinski definition) is 6. The Hall–Kier alpha value is -3.85. The molecule has 1 atom stereocenters. The molecule has 9 heteroatoms. The molecule has 0 bridgehead atoms. The van der Waals surface area contributed by atoms with E-state index in [1.807, 2.05) is 31.2 Å². The number of amides is 2. The zero-order chi connectivity index (χ0) is 25.2. The lowest BCUT2D eigenvalue weighted by Crippen LogP contribution is -2.22. The fourth-order valence-corrected chi connectivity index (χ4v) is 3.92. The maximum Gasteiger partial charge on any atom is 0.270 e. The minimum absolute atomic E-state index is 0.127. The van der Waals surface area contributed by atoms with Crippen LogP contribution in [-0.4, -0.2) is 28.6 Å². The summed E-state index contributed by atoms with van der Waals surface area (Å²) in [6, 6.07) is 19.9. The van der Waals surface area contributed by atoms with Crippen molar-refractivity contribution >= 4 is 40.6 Å². The number of carbonyl (C=O) groups is 2. The van der Waals surface area contributed by atoms with E-state index in [9.17, 15) is 19.7 Å². The number of non-ortho nitro benzene ring substituents is 1. The molecule has 0 saturated heterocycles. The van der Waals surface area contributed by atoms with Gasteiger partial charge in [-0.25, -0.2) is 0 Å². The maximum absolute atomic E-state index is 12.6. The highest BCUT2D eigenvalue weighted by Crippen LogP contribution is 2.26. The SMILES string of the molecule is CCCCOc1ccc(NC(=O)C(C)Sc2ccc(NC(=O)c3cccc([N+](=O)[O-])c3)cc2)cc1. The Balaban J connectivity index is 1.51. The number of nitro groups is 1. The number of nitrogens with one attached hydrogen (secondary N) is 2. The number of anilines is 2. The highest BCUT2D eigenvalue weighted by atomic mass is 32.2. The molecule has 0 saturated carbocycles. The van der Waals surface area contributed by atoms with Gasteiger partial charge in [-0.3, -0.25) is 19.7 Å².